The van der Waals surface area contributed by atoms with Crippen molar-refractivity contribution in [2.75, 3.05) is 20.3 Å². The number of fused-ring (bicyclic) bond motifs is 1. The van der Waals surface area contributed by atoms with Crippen molar-refractivity contribution in [2.24, 2.45) is 0 Å². The van der Waals surface area contributed by atoms with Crippen LogP contribution in [0.1, 0.15) is 43.4 Å². The van der Waals surface area contributed by atoms with Gasteiger partial charge in [-0.2, -0.15) is 0 Å². The molecule has 21 heavy (non-hydrogen) atoms. The van der Waals surface area contributed by atoms with Crippen LogP contribution in [0.5, 0.6) is 11.5 Å². The summed E-state index contributed by atoms with van der Waals surface area (Å²) in [5, 5.41) is 10.3. The molecule has 0 aliphatic carbocycles. The second kappa shape index (κ2) is 6.66. The first-order valence-corrected chi connectivity index (χ1v) is 7.64. The van der Waals surface area contributed by atoms with Crippen LogP contribution in [0.4, 0.5) is 0 Å². The van der Waals surface area contributed by atoms with E-state index in [4.69, 9.17) is 9.47 Å². The fourth-order valence-corrected chi connectivity index (χ4v) is 3.03. The van der Waals surface area contributed by atoms with Gasteiger partial charge in [-0.25, -0.2) is 4.79 Å². The van der Waals surface area contributed by atoms with E-state index in [1.54, 1.807) is 6.07 Å². The molecule has 0 radical (unpaired) electrons. The van der Waals surface area contributed by atoms with E-state index in [2.05, 4.69) is 20.7 Å². The van der Waals surface area contributed by atoms with Gasteiger partial charge in [0.2, 0.25) is 0 Å². The molecule has 0 saturated carbocycles. The lowest BCUT2D eigenvalue weighted by Crippen LogP contribution is -2.17. The van der Waals surface area contributed by atoms with Crippen molar-refractivity contribution < 1.29 is 24.1 Å². The van der Waals surface area contributed by atoms with Gasteiger partial charge >= 0.3 is 5.97 Å². The number of aliphatic hydroxyl groups is 1. The maximum atomic E-state index is 11.7. The van der Waals surface area contributed by atoms with Gasteiger partial charge in [0, 0.05) is 22.0 Å². The van der Waals surface area contributed by atoms with Gasteiger partial charge in [-0.1, -0.05) is 29.8 Å². The number of esters is 1. The Morgan fingerprint density at radius 3 is 2.62 bits per heavy atom. The molecule has 2 rings (SSSR count). The molecule has 6 heteroatoms. The summed E-state index contributed by atoms with van der Waals surface area (Å²) in [5.41, 5.74) is 1.24. The van der Waals surface area contributed by atoms with Gasteiger partial charge in [-0.05, 0) is 12.0 Å². The van der Waals surface area contributed by atoms with Gasteiger partial charge in [-0.3, -0.25) is 0 Å². The maximum absolute atomic E-state index is 11.7. The number of rotatable bonds is 3. The van der Waals surface area contributed by atoms with E-state index < -0.39 is 12.1 Å². The Morgan fingerprint density at radius 2 is 2.00 bits per heavy atom. The van der Waals surface area contributed by atoms with E-state index in [0.717, 1.165) is 12.0 Å². The van der Waals surface area contributed by atoms with Crippen molar-refractivity contribution in [3.8, 4) is 11.5 Å². The first kappa shape index (κ1) is 16.1. The molecule has 0 bridgehead atoms. The Morgan fingerprint density at radius 1 is 1.33 bits per heavy atom. The minimum Gasteiger partial charge on any atom is -0.490 e. The molecule has 1 aliphatic rings. The third-order valence-electron chi connectivity index (χ3n) is 3.34. The largest absolute Gasteiger partial charge is 0.490 e. The SMILES string of the molecule is COC(=O)C(O)c1c(Br)cc2c(c1C(C)C)OCCCO2. The number of aliphatic hydroxyl groups excluding tert-OH is 1. The first-order valence-electron chi connectivity index (χ1n) is 6.85. The molecule has 1 aromatic carbocycles. The highest BCUT2D eigenvalue weighted by Gasteiger charge is 2.30. The molecule has 116 valence electrons. The fourth-order valence-electron chi connectivity index (χ4n) is 2.39. The molecular weight excluding hydrogens is 340 g/mol. The molecule has 1 N–H and O–H groups in total. The number of hydrogen-bond donors (Lipinski definition) is 1. The number of carbonyl (C=O) groups excluding carboxylic acids is 1. The summed E-state index contributed by atoms with van der Waals surface area (Å²) in [4.78, 5) is 11.7. The highest BCUT2D eigenvalue weighted by molar-refractivity contribution is 9.10. The highest BCUT2D eigenvalue weighted by Crippen LogP contribution is 2.45. The second-order valence-corrected chi connectivity index (χ2v) is 6.00. The fraction of sp³-hybridized carbons (Fsp3) is 0.533. The lowest BCUT2D eigenvalue weighted by Gasteiger charge is -2.23. The summed E-state index contributed by atoms with van der Waals surface area (Å²) in [5.74, 6) is 0.576. The Hall–Kier alpha value is -1.27. The molecule has 0 spiro atoms. The quantitative estimate of drug-likeness (QED) is 0.841. The van der Waals surface area contributed by atoms with Crippen molar-refractivity contribution in [3.05, 3.63) is 21.7 Å². The van der Waals surface area contributed by atoms with Gasteiger partial charge < -0.3 is 19.3 Å². The number of benzene rings is 1. The van der Waals surface area contributed by atoms with Crippen molar-refractivity contribution in [1.82, 2.24) is 0 Å². The van der Waals surface area contributed by atoms with Crippen LogP contribution in [0.2, 0.25) is 0 Å². The van der Waals surface area contributed by atoms with Crippen molar-refractivity contribution in [1.29, 1.82) is 0 Å². The van der Waals surface area contributed by atoms with Crippen LogP contribution in [-0.4, -0.2) is 31.4 Å². The van der Waals surface area contributed by atoms with Crippen LogP contribution in [0.3, 0.4) is 0 Å². The molecule has 0 saturated heterocycles. The molecule has 1 heterocycles. The number of carbonyl (C=O) groups is 1. The number of ether oxygens (including phenoxy) is 3. The van der Waals surface area contributed by atoms with E-state index in [0.29, 0.717) is 34.7 Å². The molecule has 1 aromatic rings. The zero-order valence-electron chi connectivity index (χ0n) is 12.3. The van der Waals surface area contributed by atoms with Gasteiger partial charge in [0.1, 0.15) is 0 Å². The first-order chi connectivity index (χ1) is 9.97. The van der Waals surface area contributed by atoms with Crippen LogP contribution in [0, 0.1) is 0 Å². The lowest BCUT2D eigenvalue weighted by molar-refractivity contribution is -0.150. The Bertz CT molecular complexity index is 541. The Labute approximate surface area is 132 Å². The minimum absolute atomic E-state index is 0.0484. The van der Waals surface area contributed by atoms with Crippen LogP contribution < -0.4 is 9.47 Å². The summed E-state index contributed by atoms with van der Waals surface area (Å²) in [6.45, 7) is 5.07. The second-order valence-electron chi connectivity index (χ2n) is 5.14. The molecule has 5 nitrogen and oxygen atoms in total. The highest BCUT2D eigenvalue weighted by atomic mass is 79.9. The Kier molecular flexibility index (Phi) is 5.11. The van der Waals surface area contributed by atoms with E-state index in [-0.39, 0.29) is 5.92 Å². The number of methoxy groups -OCH3 is 1. The standard InChI is InChI=1S/C15H19BrO5/c1-8(2)11-12(13(17)15(18)19-3)9(16)7-10-14(11)21-6-4-5-20-10/h7-8,13,17H,4-6H2,1-3H3. The van der Waals surface area contributed by atoms with Gasteiger partial charge in [-0.15, -0.1) is 0 Å². The topological polar surface area (TPSA) is 65.0 Å². The summed E-state index contributed by atoms with van der Waals surface area (Å²) in [7, 11) is 1.25. The van der Waals surface area contributed by atoms with Gasteiger partial charge in [0.25, 0.3) is 0 Å². The van der Waals surface area contributed by atoms with Crippen molar-refractivity contribution in [3.63, 3.8) is 0 Å². The van der Waals surface area contributed by atoms with Crippen LogP contribution in [0.15, 0.2) is 10.5 Å². The number of hydrogen-bond acceptors (Lipinski definition) is 5. The average molecular weight is 359 g/mol. The van der Waals surface area contributed by atoms with Crippen LogP contribution in [0.25, 0.3) is 0 Å². The van der Waals surface area contributed by atoms with Crippen LogP contribution >= 0.6 is 15.9 Å². The van der Waals surface area contributed by atoms with Crippen molar-refractivity contribution in [2.45, 2.75) is 32.3 Å². The summed E-state index contributed by atoms with van der Waals surface area (Å²) in [6.07, 6.45) is -0.572. The summed E-state index contributed by atoms with van der Waals surface area (Å²) in [6, 6.07) is 1.73. The monoisotopic (exact) mass is 358 g/mol. The number of halogens is 1. The third-order valence-corrected chi connectivity index (χ3v) is 4.00. The predicted octanol–water partition coefficient (Wildman–Crippen LogP) is 2.94. The minimum atomic E-state index is -1.36. The average Bonchev–Trinajstić information content (AvgIpc) is 2.68. The molecule has 1 aliphatic heterocycles. The van der Waals surface area contributed by atoms with E-state index in [9.17, 15) is 9.90 Å². The molecule has 0 aromatic heterocycles. The lowest BCUT2D eigenvalue weighted by atomic mass is 9.92. The van der Waals surface area contributed by atoms with E-state index >= 15 is 0 Å². The molecule has 0 fully saturated rings. The summed E-state index contributed by atoms with van der Waals surface area (Å²) >= 11 is 3.41. The third kappa shape index (κ3) is 3.16. The van der Waals surface area contributed by atoms with Crippen molar-refractivity contribution >= 4 is 21.9 Å². The van der Waals surface area contributed by atoms with E-state index in [1.165, 1.54) is 7.11 Å². The van der Waals surface area contributed by atoms with Gasteiger partial charge in [0.15, 0.2) is 17.6 Å². The normalized spacial score (nSPS) is 15.5. The molecule has 1 unspecified atom stereocenters. The molecular formula is C15H19BrO5. The molecule has 1 atom stereocenters. The smallest absolute Gasteiger partial charge is 0.339 e. The van der Waals surface area contributed by atoms with Crippen LogP contribution in [-0.2, 0) is 9.53 Å². The molecule has 0 amide bonds. The predicted molar refractivity (Wildman–Crippen MR) is 80.8 cm³/mol. The summed E-state index contributed by atoms with van der Waals surface area (Å²) < 4.78 is 16.7. The Balaban J connectivity index is 2.64. The maximum Gasteiger partial charge on any atom is 0.339 e. The van der Waals surface area contributed by atoms with Gasteiger partial charge in [0.05, 0.1) is 20.3 Å². The van der Waals surface area contributed by atoms with E-state index in [1.807, 2.05) is 13.8 Å². The zero-order chi connectivity index (χ0) is 15.6. The zero-order valence-corrected chi connectivity index (χ0v) is 13.9.